The van der Waals surface area contributed by atoms with E-state index in [1.807, 2.05) is 71.3 Å². The van der Waals surface area contributed by atoms with Crippen LogP contribution in [-0.2, 0) is 24.2 Å². The molecule has 0 atom stereocenters. The normalized spacial score (nSPS) is 10.8. The Morgan fingerprint density at radius 1 is 0.906 bits per heavy atom. The first-order valence-electron chi connectivity index (χ1n) is 10.8. The number of aromatic nitrogens is 2. The molecule has 0 unspecified atom stereocenters. The SMILES string of the molecule is CCc1ccccc1NC(=O)Cn1c(CCNC(=O)c2ccccc2)nc2ccccc21. The van der Waals surface area contributed by atoms with Gasteiger partial charge in [-0.05, 0) is 42.3 Å². The molecule has 4 aromatic rings. The Labute approximate surface area is 187 Å². The largest absolute Gasteiger partial charge is 0.352 e. The van der Waals surface area contributed by atoms with E-state index in [-0.39, 0.29) is 18.4 Å². The van der Waals surface area contributed by atoms with Gasteiger partial charge in [-0.3, -0.25) is 9.59 Å². The van der Waals surface area contributed by atoms with Gasteiger partial charge in [0.1, 0.15) is 12.4 Å². The Kier molecular flexibility index (Phi) is 6.60. The molecule has 0 fully saturated rings. The second-order valence-corrected chi connectivity index (χ2v) is 7.53. The first kappa shape index (κ1) is 21.3. The number of rotatable bonds is 8. The van der Waals surface area contributed by atoms with Crippen molar-refractivity contribution in [3.63, 3.8) is 0 Å². The number of para-hydroxylation sites is 3. The van der Waals surface area contributed by atoms with E-state index in [1.165, 1.54) is 0 Å². The summed E-state index contributed by atoms with van der Waals surface area (Å²) in [5, 5.41) is 5.96. The van der Waals surface area contributed by atoms with Crippen LogP contribution in [0.4, 0.5) is 5.69 Å². The van der Waals surface area contributed by atoms with Crippen LogP contribution < -0.4 is 10.6 Å². The van der Waals surface area contributed by atoms with E-state index >= 15 is 0 Å². The van der Waals surface area contributed by atoms with Gasteiger partial charge in [-0.2, -0.15) is 0 Å². The maximum absolute atomic E-state index is 12.9. The number of amides is 2. The molecule has 0 bridgehead atoms. The van der Waals surface area contributed by atoms with Crippen molar-refractivity contribution in [3.8, 4) is 0 Å². The molecule has 32 heavy (non-hydrogen) atoms. The molecule has 0 aliphatic carbocycles. The molecule has 6 nitrogen and oxygen atoms in total. The highest BCUT2D eigenvalue weighted by Gasteiger charge is 2.15. The number of hydrogen-bond acceptors (Lipinski definition) is 3. The number of carbonyl (C=O) groups is 2. The minimum atomic E-state index is -0.123. The van der Waals surface area contributed by atoms with E-state index in [2.05, 4.69) is 17.6 Å². The molecule has 0 saturated carbocycles. The first-order chi connectivity index (χ1) is 15.7. The Morgan fingerprint density at radius 3 is 2.44 bits per heavy atom. The van der Waals surface area contributed by atoms with E-state index < -0.39 is 0 Å². The summed E-state index contributed by atoms with van der Waals surface area (Å²) < 4.78 is 1.92. The van der Waals surface area contributed by atoms with E-state index in [4.69, 9.17) is 4.98 Å². The Balaban J connectivity index is 1.49. The number of nitrogens with zero attached hydrogens (tertiary/aromatic N) is 2. The summed E-state index contributed by atoms with van der Waals surface area (Å²) in [5.41, 5.74) is 4.28. The molecular weight excluding hydrogens is 400 g/mol. The zero-order chi connectivity index (χ0) is 22.3. The van der Waals surface area contributed by atoms with Gasteiger partial charge < -0.3 is 15.2 Å². The van der Waals surface area contributed by atoms with Gasteiger partial charge in [-0.25, -0.2) is 4.98 Å². The maximum Gasteiger partial charge on any atom is 0.251 e. The molecule has 0 radical (unpaired) electrons. The fourth-order valence-electron chi connectivity index (χ4n) is 3.76. The van der Waals surface area contributed by atoms with Crippen molar-refractivity contribution in [1.29, 1.82) is 0 Å². The van der Waals surface area contributed by atoms with Crippen LogP contribution in [0, 0.1) is 0 Å². The van der Waals surface area contributed by atoms with Crippen molar-refractivity contribution in [2.75, 3.05) is 11.9 Å². The highest BCUT2D eigenvalue weighted by molar-refractivity contribution is 5.94. The van der Waals surface area contributed by atoms with E-state index in [9.17, 15) is 9.59 Å². The van der Waals surface area contributed by atoms with Crippen molar-refractivity contribution >= 4 is 28.5 Å². The number of fused-ring (bicyclic) bond motifs is 1. The van der Waals surface area contributed by atoms with Crippen molar-refractivity contribution in [2.45, 2.75) is 26.3 Å². The first-order valence-corrected chi connectivity index (χ1v) is 10.8. The molecule has 6 heteroatoms. The summed E-state index contributed by atoms with van der Waals surface area (Å²) >= 11 is 0. The topological polar surface area (TPSA) is 76.0 Å². The third-order valence-corrected chi connectivity index (χ3v) is 5.38. The van der Waals surface area contributed by atoms with E-state index in [1.54, 1.807) is 12.1 Å². The van der Waals surface area contributed by atoms with Gasteiger partial charge in [0, 0.05) is 24.2 Å². The number of hydrogen-bond donors (Lipinski definition) is 2. The number of anilines is 1. The van der Waals surface area contributed by atoms with Crippen LogP contribution in [0.15, 0.2) is 78.9 Å². The average molecular weight is 427 g/mol. The van der Waals surface area contributed by atoms with Gasteiger partial charge >= 0.3 is 0 Å². The molecule has 162 valence electrons. The smallest absolute Gasteiger partial charge is 0.251 e. The summed E-state index contributed by atoms with van der Waals surface area (Å²) in [4.78, 5) is 29.9. The van der Waals surface area contributed by atoms with E-state index in [0.717, 1.165) is 34.5 Å². The van der Waals surface area contributed by atoms with Crippen LogP contribution in [0.2, 0.25) is 0 Å². The third kappa shape index (κ3) is 4.86. The molecule has 2 N–H and O–H groups in total. The second-order valence-electron chi connectivity index (χ2n) is 7.53. The van der Waals surface area contributed by atoms with Crippen LogP contribution in [-0.4, -0.2) is 27.9 Å². The lowest BCUT2D eigenvalue weighted by Crippen LogP contribution is -2.27. The van der Waals surface area contributed by atoms with Crippen molar-refractivity contribution in [2.24, 2.45) is 0 Å². The third-order valence-electron chi connectivity index (χ3n) is 5.38. The lowest BCUT2D eigenvalue weighted by molar-refractivity contribution is -0.116. The summed E-state index contributed by atoms with van der Waals surface area (Å²) in [6, 6.07) is 24.7. The van der Waals surface area contributed by atoms with Gasteiger partial charge in [0.25, 0.3) is 5.91 Å². The van der Waals surface area contributed by atoms with E-state index in [0.29, 0.717) is 18.5 Å². The second kappa shape index (κ2) is 9.92. The van der Waals surface area contributed by atoms with Crippen molar-refractivity contribution < 1.29 is 9.59 Å². The van der Waals surface area contributed by atoms with Gasteiger partial charge in [0.2, 0.25) is 5.91 Å². The summed E-state index contributed by atoms with van der Waals surface area (Å²) in [5.74, 6) is 0.532. The minimum absolute atomic E-state index is 0.108. The number of aryl methyl sites for hydroxylation is 1. The van der Waals surface area contributed by atoms with Crippen LogP contribution >= 0.6 is 0 Å². The summed E-state index contributed by atoms with van der Waals surface area (Å²) in [7, 11) is 0. The molecule has 0 saturated heterocycles. The number of imidazole rings is 1. The highest BCUT2D eigenvalue weighted by Crippen LogP contribution is 2.18. The Hall–Kier alpha value is -3.93. The molecule has 4 rings (SSSR count). The lowest BCUT2D eigenvalue weighted by atomic mass is 10.1. The lowest BCUT2D eigenvalue weighted by Gasteiger charge is -2.12. The van der Waals surface area contributed by atoms with Crippen LogP contribution in [0.3, 0.4) is 0 Å². The van der Waals surface area contributed by atoms with Gasteiger partial charge in [0.05, 0.1) is 11.0 Å². The molecule has 0 aliphatic heterocycles. The number of carbonyl (C=O) groups excluding carboxylic acids is 2. The molecular formula is C26H26N4O2. The number of benzene rings is 3. The fourth-order valence-corrected chi connectivity index (χ4v) is 3.76. The van der Waals surface area contributed by atoms with Crippen LogP contribution in [0.1, 0.15) is 28.7 Å². The molecule has 0 spiro atoms. The van der Waals surface area contributed by atoms with Gasteiger partial charge in [0.15, 0.2) is 0 Å². The molecule has 3 aromatic carbocycles. The predicted molar refractivity (Wildman–Crippen MR) is 127 cm³/mol. The average Bonchev–Trinajstić information content (AvgIpc) is 3.17. The summed E-state index contributed by atoms with van der Waals surface area (Å²) in [6.45, 7) is 2.65. The minimum Gasteiger partial charge on any atom is -0.352 e. The highest BCUT2D eigenvalue weighted by atomic mass is 16.2. The monoisotopic (exact) mass is 426 g/mol. The van der Waals surface area contributed by atoms with Crippen molar-refractivity contribution in [3.05, 3.63) is 95.8 Å². The van der Waals surface area contributed by atoms with Gasteiger partial charge in [-0.1, -0.05) is 55.5 Å². The standard InChI is InChI=1S/C26H26N4O2/c1-2-19-10-6-7-13-21(19)29-25(31)18-30-23-15-9-8-14-22(23)28-24(30)16-17-27-26(32)20-11-4-3-5-12-20/h3-15H,2,16-18H2,1H3,(H,27,32)(H,29,31). The maximum atomic E-state index is 12.9. The predicted octanol–water partition coefficient (Wildman–Crippen LogP) is 4.21. The fraction of sp³-hybridized carbons (Fsp3) is 0.192. The Bertz CT molecular complexity index is 1230. The zero-order valence-electron chi connectivity index (χ0n) is 18.0. The van der Waals surface area contributed by atoms with Crippen LogP contribution in [0.5, 0.6) is 0 Å². The van der Waals surface area contributed by atoms with Crippen molar-refractivity contribution in [1.82, 2.24) is 14.9 Å². The molecule has 2 amide bonds. The molecule has 1 heterocycles. The zero-order valence-corrected chi connectivity index (χ0v) is 18.0. The molecule has 0 aliphatic rings. The summed E-state index contributed by atoms with van der Waals surface area (Å²) in [6.07, 6.45) is 1.36. The number of nitrogens with one attached hydrogen (secondary N) is 2. The van der Waals surface area contributed by atoms with Crippen LogP contribution in [0.25, 0.3) is 11.0 Å². The quantitative estimate of drug-likeness (QED) is 0.443. The van der Waals surface area contributed by atoms with Gasteiger partial charge in [-0.15, -0.1) is 0 Å². The Morgan fingerprint density at radius 2 is 1.62 bits per heavy atom. The molecule has 1 aromatic heterocycles.